The second-order valence-corrected chi connectivity index (χ2v) is 4.90. The predicted octanol–water partition coefficient (Wildman–Crippen LogP) is 2.25. The molecule has 1 fully saturated rings. The topological polar surface area (TPSA) is 60.1 Å². The summed E-state index contributed by atoms with van der Waals surface area (Å²) in [7, 11) is 0. The van der Waals surface area contributed by atoms with Gasteiger partial charge in [-0.15, -0.1) is 24.0 Å². The molecule has 0 bridgehead atoms. The number of hydrogen-bond acceptors (Lipinski definition) is 3. The number of rotatable bonds is 5. The lowest BCUT2D eigenvalue weighted by Gasteiger charge is -2.28. The highest BCUT2D eigenvalue weighted by atomic mass is 127. The minimum Gasteiger partial charge on any atom is -0.488 e. The third-order valence-electron chi connectivity index (χ3n) is 3.35. The van der Waals surface area contributed by atoms with Gasteiger partial charge in [0.2, 0.25) is 0 Å². The molecule has 1 aliphatic rings. The van der Waals surface area contributed by atoms with Gasteiger partial charge in [-0.05, 0) is 18.6 Å². The molecule has 124 valence electrons. The van der Waals surface area contributed by atoms with Gasteiger partial charge >= 0.3 is 0 Å². The van der Waals surface area contributed by atoms with E-state index in [4.69, 9.17) is 15.2 Å². The van der Waals surface area contributed by atoms with Crippen LogP contribution in [0.5, 0.6) is 5.75 Å². The number of halogens is 2. The van der Waals surface area contributed by atoms with Crippen LogP contribution >= 0.6 is 24.0 Å². The maximum absolute atomic E-state index is 13.1. The van der Waals surface area contributed by atoms with Gasteiger partial charge in [-0.3, -0.25) is 0 Å². The molecule has 2 N–H and O–H groups in total. The lowest BCUT2D eigenvalue weighted by Crippen LogP contribution is -2.45. The molecule has 0 saturated carbocycles. The number of nitrogens with two attached hydrogens (primary N) is 1. The molecule has 1 aromatic carbocycles. The van der Waals surface area contributed by atoms with Crippen LogP contribution in [0.1, 0.15) is 13.3 Å². The first-order valence-electron chi connectivity index (χ1n) is 7.24. The van der Waals surface area contributed by atoms with E-state index in [-0.39, 0.29) is 35.9 Å². The van der Waals surface area contributed by atoms with Crippen molar-refractivity contribution in [1.29, 1.82) is 0 Å². The van der Waals surface area contributed by atoms with Crippen molar-refractivity contribution in [2.24, 2.45) is 10.7 Å². The average molecular weight is 423 g/mol. The Balaban J connectivity index is 0.00000242. The Morgan fingerprint density at radius 1 is 1.45 bits per heavy atom. The lowest BCUT2D eigenvalue weighted by atomic mass is 10.2. The largest absolute Gasteiger partial charge is 0.488 e. The molecular formula is C15H23FIN3O2. The fraction of sp³-hybridized carbons (Fsp3) is 0.533. The Morgan fingerprint density at radius 3 is 2.82 bits per heavy atom. The van der Waals surface area contributed by atoms with Crippen molar-refractivity contribution in [2.45, 2.75) is 19.4 Å². The number of nitrogens with zero attached hydrogens (tertiary/aromatic N) is 2. The van der Waals surface area contributed by atoms with Crippen molar-refractivity contribution in [3.8, 4) is 5.75 Å². The fourth-order valence-corrected chi connectivity index (χ4v) is 2.07. The van der Waals surface area contributed by atoms with E-state index in [0.717, 1.165) is 19.5 Å². The van der Waals surface area contributed by atoms with Crippen LogP contribution in [0.4, 0.5) is 4.39 Å². The Labute approximate surface area is 147 Å². The van der Waals surface area contributed by atoms with E-state index in [1.54, 1.807) is 12.1 Å². The third-order valence-corrected chi connectivity index (χ3v) is 3.35. The van der Waals surface area contributed by atoms with Crippen LogP contribution < -0.4 is 10.5 Å². The first-order valence-corrected chi connectivity index (χ1v) is 7.24. The van der Waals surface area contributed by atoms with Crippen LogP contribution in [0.2, 0.25) is 0 Å². The summed E-state index contributed by atoms with van der Waals surface area (Å²) < 4.78 is 24.1. The molecule has 5 nitrogen and oxygen atoms in total. The first-order chi connectivity index (χ1) is 10.2. The zero-order valence-corrected chi connectivity index (χ0v) is 15.0. The van der Waals surface area contributed by atoms with E-state index in [1.807, 2.05) is 11.8 Å². The number of aliphatic imine (C=N–C) groups is 1. The summed E-state index contributed by atoms with van der Waals surface area (Å²) in [6, 6.07) is 6.13. The minimum atomic E-state index is -0.307. The van der Waals surface area contributed by atoms with Gasteiger partial charge in [0.25, 0.3) is 0 Å². The molecule has 2 rings (SSSR count). The third kappa shape index (κ3) is 5.96. The van der Waals surface area contributed by atoms with E-state index in [1.165, 1.54) is 12.1 Å². The van der Waals surface area contributed by atoms with Gasteiger partial charge in [0.1, 0.15) is 17.7 Å². The van der Waals surface area contributed by atoms with Gasteiger partial charge in [-0.2, -0.15) is 0 Å². The average Bonchev–Trinajstić information content (AvgIpc) is 2.52. The van der Waals surface area contributed by atoms with E-state index in [0.29, 0.717) is 31.5 Å². The molecule has 0 aliphatic carbocycles. The van der Waals surface area contributed by atoms with Crippen LogP contribution in [0, 0.1) is 5.82 Å². The van der Waals surface area contributed by atoms with Gasteiger partial charge in [0.05, 0.1) is 19.8 Å². The van der Waals surface area contributed by atoms with Crippen molar-refractivity contribution in [2.75, 3.05) is 32.8 Å². The summed E-state index contributed by atoms with van der Waals surface area (Å²) in [5.41, 5.74) is 5.97. The molecule has 1 unspecified atom stereocenters. The lowest BCUT2D eigenvalue weighted by molar-refractivity contribution is 0.0673. The summed E-state index contributed by atoms with van der Waals surface area (Å²) in [5, 5.41) is 0. The zero-order valence-electron chi connectivity index (χ0n) is 12.7. The monoisotopic (exact) mass is 423 g/mol. The normalized spacial score (nSPS) is 16.8. The molecule has 1 saturated heterocycles. The molecule has 1 atom stereocenters. The van der Waals surface area contributed by atoms with Crippen molar-refractivity contribution in [1.82, 2.24) is 4.90 Å². The van der Waals surface area contributed by atoms with Crippen LogP contribution in [0.3, 0.4) is 0 Å². The number of ether oxygens (including phenoxy) is 2. The smallest absolute Gasteiger partial charge is 0.191 e. The predicted molar refractivity (Wildman–Crippen MR) is 95.4 cm³/mol. The van der Waals surface area contributed by atoms with Gasteiger partial charge in [-0.25, -0.2) is 9.38 Å². The highest BCUT2D eigenvalue weighted by Crippen LogP contribution is 2.15. The fourth-order valence-electron chi connectivity index (χ4n) is 2.07. The van der Waals surface area contributed by atoms with Gasteiger partial charge in [0.15, 0.2) is 5.96 Å². The van der Waals surface area contributed by atoms with Crippen molar-refractivity contribution >= 4 is 29.9 Å². The van der Waals surface area contributed by atoms with E-state index < -0.39 is 0 Å². The molecule has 22 heavy (non-hydrogen) atoms. The standard InChI is InChI=1S/C15H22FN3O2.HI/c1-2-13(21-14-5-3-4-12(16)10-14)11-18-15(17)19-6-8-20-9-7-19;/h3-5,10,13H,2,6-9,11H2,1H3,(H2,17,18);1H. The highest BCUT2D eigenvalue weighted by molar-refractivity contribution is 14.0. The van der Waals surface area contributed by atoms with Gasteiger partial charge in [-0.1, -0.05) is 13.0 Å². The maximum Gasteiger partial charge on any atom is 0.191 e. The number of hydrogen-bond donors (Lipinski definition) is 1. The summed E-state index contributed by atoms with van der Waals surface area (Å²) >= 11 is 0. The van der Waals surface area contributed by atoms with Crippen molar-refractivity contribution in [3.05, 3.63) is 30.1 Å². The summed E-state index contributed by atoms with van der Waals surface area (Å²) in [5.74, 6) is 0.722. The second-order valence-electron chi connectivity index (χ2n) is 4.90. The van der Waals surface area contributed by atoms with Crippen LogP contribution in [-0.4, -0.2) is 49.8 Å². The number of benzene rings is 1. The quantitative estimate of drug-likeness (QED) is 0.449. The summed E-state index contributed by atoms with van der Waals surface area (Å²) in [6.45, 7) is 5.33. The van der Waals surface area contributed by atoms with E-state index >= 15 is 0 Å². The Kier molecular flexibility index (Phi) is 8.47. The van der Waals surface area contributed by atoms with Crippen LogP contribution in [0.25, 0.3) is 0 Å². The zero-order chi connectivity index (χ0) is 15.1. The molecule has 0 aromatic heterocycles. The van der Waals surface area contributed by atoms with Crippen LogP contribution in [-0.2, 0) is 4.74 Å². The molecule has 1 heterocycles. The van der Waals surface area contributed by atoms with Crippen LogP contribution in [0.15, 0.2) is 29.3 Å². The number of guanidine groups is 1. The Morgan fingerprint density at radius 2 is 2.18 bits per heavy atom. The molecule has 0 spiro atoms. The summed E-state index contributed by atoms with van der Waals surface area (Å²) in [6.07, 6.45) is 0.655. The van der Waals surface area contributed by atoms with Gasteiger partial charge < -0.3 is 20.1 Å². The second kappa shape index (κ2) is 9.83. The Hall–Kier alpha value is -1.09. The molecular weight excluding hydrogens is 400 g/mol. The van der Waals surface area contributed by atoms with Crippen molar-refractivity contribution in [3.63, 3.8) is 0 Å². The van der Waals surface area contributed by atoms with E-state index in [9.17, 15) is 4.39 Å². The molecule has 0 radical (unpaired) electrons. The highest BCUT2D eigenvalue weighted by Gasteiger charge is 2.13. The van der Waals surface area contributed by atoms with E-state index in [2.05, 4.69) is 4.99 Å². The first kappa shape index (κ1) is 19.0. The molecule has 7 heteroatoms. The van der Waals surface area contributed by atoms with Crippen molar-refractivity contribution < 1.29 is 13.9 Å². The SMILES string of the molecule is CCC(CN=C(N)N1CCOCC1)Oc1cccc(F)c1.I. The maximum atomic E-state index is 13.1. The number of morpholine rings is 1. The minimum absolute atomic E-state index is 0. The summed E-state index contributed by atoms with van der Waals surface area (Å²) in [4.78, 5) is 6.38. The molecule has 1 aliphatic heterocycles. The molecule has 1 aromatic rings. The van der Waals surface area contributed by atoms with Gasteiger partial charge in [0, 0.05) is 19.2 Å². The Bertz CT molecular complexity index is 482. The molecule has 0 amide bonds.